The van der Waals surface area contributed by atoms with Gasteiger partial charge in [-0.15, -0.1) is 0 Å². The second-order valence-corrected chi connectivity index (χ2v) is 5.21. The number of piperidine rings is 1. The molecule has 4 heteroatoms. The maximum Gasteiger partial charge on any atom is 0.224 e. The van der Waals surface area contributed by atoms with Gasteiger partial charge in [0.1, 0.15) is 0 Å². The maximum atomic E-state index is 11.8. The standard InChI is InChI=1S/C12H23N3O/c1-15-6-2-3-10(9-15)7-14-12(16)11-4-5-13-8-11/h10-11,13H,2-9H2,1H3,(H,14,16). The third-order valence-corrected chi connectivity index (χ3v) is 3.72. The minimum absolute atomic E-state index is 0.210. The zero-order valence-electron chi connectivity index (χ0n) is 10.2. The van der Waals surface area contributed by atoms with Crippen molar-refractivity contribution < 1.29 is 4.79 Å². The van der Waals surface area contributed by atoms with E-state index in [2.05, 4.69) is 22.6 Å². The highest BCUT2D eigenvalue weighted by molar-refractivity contribution is 5.79. The quantitative estimate of drug-likeness (QED) is 0.713. The predicted molar refractivity (Wildman–Crippen MR) is 64.2 cm³/mol. The first-order valence-corrected chi connectivity index (χ1v) is 6.42. The van der Waals surface area contributed by atoms with Crippen LogP contribution in [0, 0.1) is 11.8 Å². The molecule has 2 aliphatic heterocycles. The second kappa shape index (κ2) is 5.64. The summed E-state index contributed by atoms with van der Waals surface area (Å²) in [4.78, 5) is 14.2. The molecule has 0 aromatic carbocycles. The number of carbonyl (C=O) groups is 1. The van der Waals surface area contributed by atoms with Crippen LogP contribution in [0.15, 0.2) is 0 Å². The van der Waals surface area contributed by atoms with Gasteiger partial charge in [-0.2, -0.15) is 0 Å². The van der Waals surface area contributed by atoms with Crippen LogP contribution in [0.4, 0.5) is 0 Å². The number of nitrogens with one attached hydrogen (secondary N) is 2. The van der Waals surface area contributed by atoms with E-state index in [1.807, 2.05) is 0 Å². The molecule has 2 heterocycles. The lowest BCUT2D eigenvalue weighted by Crippen LogP contribution is -2.41. The Morgan fingerprint density at radius 1 is 1.50 bits per heavy atom. The fourth-order valence-corrected chi connectivity index (χ4v) is 2.71. The van der Waals surface area contributed by atoms with Gasteiger partial charge in [0.25, 0.3) is 0 Å². The van der Waals surface area contributed by atoms with Crippen molar-refractivity contribution >= 4 is 5.91 Å². The lowest BCUT2D eigenvalue weighted by molar-refractivity contribution is -0.124. The smallest absolute Gasteiger partial charge is 0.224 e. The number of nitrogens with zero attached hydrogens (tertiary/aromatic N) is 1. The molecular weight excluding hydrogens is 202 g/mol. The van der Waals surface area contributed by atoms with E-state index in [9.17, 15) is 4.79 Å². The van der Waals surface area contributed by atoms with E-state index >= 15 is 0 Å². The van der Waals surface area contributed by atoms with Crippen molar-refractivity contribution in [2.24, 2.45) is 11.8 Å². The summed E-state index contributed by atoms with van der Waals surface area (Å²) in [6.45, 7) is 5.04. The Hall–Kier alpha value is -0.610. The van der Waals surface area contributed by atoms with Crippen LogP contribution in [0.1, 0.15) is 19.3 Å². The van der Waals surface area contributed by atoms with Gasteiger partial charge in [0.05, 0.1) is 5.92 Å². The SMILES string of the molecule is CN1CCCC(CNC(=O)C2CCNC2)C1. The third-order valence-electron chi connectivity index (χ3n) is 3.72. The van der Waals surface area contributed by atoms with Crippen molar-refractivity contribution in [1.29, 1.82) is 0 Å². The highest BCUT2D eigenvalue weighted by Gasteiger charge is 2.23. The number of carbonyl (C=O) groups excluding carboxylic acids is 1. The summed E-state index contributed by atoms with van der Waals surface area (Å²) in [6.07, 6.45) is 3.52. The monoisotopic (exact) mass is 225 g/mol. The number of likely N-dealkylation sites (tertiary alicyclic amines) is 1. The summed E-state index contributed by atoms with van der Waals surface area (Å²) in [5.74, 6) is 1.11. The molecule has 1 amide bonds. The first kappa shape index (κ1) is 11.9. The normalized spacial score (nSPS) is 31.6. The van der Waals surface area contributed by atoms with Crippen molar-refractivity contribution in [2.75, 3.05) is 39.8 Å². The maximum absolute atomic E-state index is 11.8. The van der Waals surface area contributed by atoms with Gasteiger partial charge in [-0.1, -0.05) is 0 Å². The molecule has 2 fully saturated rings. The lowest BCUT2D eigenvalue weighted by Gasteiger charge is -2.29. The molecular formula is C12H23N3O. The zero-order valence-corrected chi connectivity index (χ0v) is 10.2. The lowest BCUT2D eigenvalue weighted by atomic mass is 9.98. The molecule has 2 aliphatic rings. The highest BCUT2D eigenvalue weighted by atomic mass is 16.1. The zero-order chi connectivity index (χ0) is 11.4. The molecule has 0 spiro atoms. The van der Waals surface area contributed by atoms with Gasteiger partial charge in [0.2, 0.25) is 5.91 Å². The Morgan fingerprint density at radius 3 is 3.06 bits per heavy atom. The summed E-state index contributed by atoms with van der Waals surface area (Å²) in [6, 6.07) is 0. The molecule has 0 aliphatic carbocycles. The Labute approximate surface area is 97.8 Å². The molecule has 16 heavy (non-hydrogen) atoms. The Bertz CT molecular complexity index is 238. The molecule has 0 aromatic heterocycles. The number of rotatable bonds is 3. The average Bonchev–Trinajstić information content (AvgIpc) is 2.79. The minimum Gasteiger partial charge on any atom is -0.355 e. The molecule has 2 unspecified atom stereocenters. The highest BCUT2D eigenvalue weighted by Crippen LogP contribution is 2.14. The summed E-state index contributed by atoms with van der Waals surface area (Å²) in [5.41, 5.74) is 0. The van der Waals surface area contributed by atoms with Crippen LogP contribution in [0.2, 0.25) is 0 Å². The van der Waals surface area contributed by atoms with Crippen LogP contribution in [0.5, 0.6) is 0 Å². The number of hydrogen-bond acceptors (Lipinski definition) is 3. The van der Waals surface area contributed by atoms with Gasteiger partial charge >= 0.3 is 0 Å². The van der Waals surface area contributed by atoms with Gasteiger partial charge in [-0.25, -0.2) is 0 Å². The molecule has 0 bridgehead atoms. The van der Waals surface area contributed by atoms with Crippen molar-refractivity contribution in [1.82, 2.24) is 15.5 Å². The summed E-state index contributed by atoms with van der Waals surface area (Å²) in [7, 11) is 2.16. The van der Waals surface area contributed by atoms with E-state index in [1.165, 1.54) is 19.4 Å². The van der Waals surface area contributed by atoms with E-state index in [4.69, 9.17) is 0 Å². The summed E-state index contributed by atoms with van der Waals surface area (Å²) >= 11 is 0. The summed E-state index contributed by atoms with van der Waals surface area (Å²) in [5, 5.41) is 6.34. The number of hydrogen-bond donors (Lipinski definition) is 2. The van der Waals surface area contributed by atoms with E-state index < -0.39 is 0 Å². The third kappa shape index (κ3) is 3.19. The second-order valence-electron chi connectivity index (χ2n) is 5.21. The van der Waals surface area contributed by atoms with Crippen molar-refractivity contribution in [3.05, 3.63) is 0 Å². The molecule has 4 nitrogen and oxygen atoms in total. The van der Waals surface area contributed by atoms with Crippen LogP contribution in [0.3, 0.4) is 0 Å². The van der Waals surface area contributed by atoms with Gasteiger partial charge in [-0.3, -0.25) is 4.79 Å². The van der Waals surface area contributed by atoms with E-state index in [1.54, 1.807) is 0 Å². The Balaban J connectivity index is 1.67. The Kier molecular flexibility index (Phi) is 4.18. The largest absolute Gasteiger partial charge is 0.355 e. The first-order valence-electron chi connectivity index (χ1n) is 6.42. The van der Waals surface area contributed by atoms with E-state index in [-0.39, 0.29) is 11.8 Å². The van der Waals surface area contributed by atoms with Gasteiger partial charge in [0, 0.05) is 19.6 Å². The van der Waals surface area contributed by atoms with E-state index in [0.29, 0.717) is 5.92 Å². The topological polar surface area (TPSA) is 44.4 Å². The molecule has 2 rings (SSSR count). The molecule has 2 saturated heterocycles. The predicted octanol–water partition coefficient (Wildman–Crippen LogP) is 0.0539. The van der Waals surface area contributed by atoms with Gasteiger partial charge in [0.15, 0.2) is 0 Å². The fraction of sp³-hybridized carbons (Fsp3) is 0.917. The van der Waals surface area contributed by atoms with Crippen LogP contribution >= 0.6 is 0 Å². The van der Waals surface area contributed by atoms with Crippen LogP contribution in [-0.2, 0) is 4.79 Å². The average molecular weight is 225 g/mol. The molecule has 92 valence electrons. The van der Waals surface area contributed by atoms with Crippen LogP contribution < -0.4 is 10.6 Å². The Morgan fingerprint density at radius 2 is 2.38 bits per heavy atom. The van der Waals surface area contributed by atoms with Crippen molar-refractivity contribution in [2.45, 2.75) is 19.3 Å². The van der Waals surface area contributed by atoms with E-state index in [0.717, 1.165) is 32.6 Å². The molecule has 2 atom stereocenters. The van der Waals surface area contributed by atoms with Crippen LogP contribution in [0.25, 0.3) is 0 Å². The number of amides is 1. The molecule has 0 saturated carbocycles. The van der Waals surface area contributed by atoms with Gasteiger partial charge in [-0.05, 0) is 45.3 Å². The fourth-order valence-electron chi connectivity index (χ4n) is 2.71. The molecule has 0 aromatic rings. The van der Waals surface area contributed by atoms with Crippen molar-refractivity contribution in [3.8, 4) is 0 Å². The summed E-state index contributed by atoms with van der Waals surface area (Å²) < 4.78 is 0. The molecule has 0 radical (unpaired) electrons. The molecule has 2 N–H and O–H groups in total. The first-order chi connectivity index (χ1) is 7.75. The van der Waals surface area contributed by atoms with Crippen LogP contribution in [-0.4, -0.2) is 50.6 Å². The van der Waals surface area contributed by atoms with Gasteiger partial charge < -0.3 is 15.5 Å². The minimum atomic E-state index is 0.210. The van der Waals surface area contributed by atoms with Crippen molar-refractivity contribution in [3.63, 3.8) is 0 Å².